The maximum absolute atomic E-state index is 12.8. The predicted molar refractivity (Wildman–Crippen MR) is 136 cm³/mol. The smallest absolute Gasteiger partial charge is 0.421 e. The second-order valence-electron chi connectivity index (χ2n) is 10.4. The highest BCUT2D eigenvalue weighted by Crippen LogP contribution is 2.35. The number of pyridine rings is 1. The number of aromatic nitrogens is 1. The van der Waals surface area contributed by atoms with E-state index in [0.29, 0.717) is 24.6 Å². The minimum atomic E-state index is -4.66. The van der Waals surface area contributed by atoms with Gasteiger partial charge in [0.2, 0.25) is 5.88 Å². The van der Waals surface area contributed by atoms with E-state index >= 15 is 0 Å². The van der Waals surface area contributed by atoms with Gasteiger partial charge in [-0.15, -0.1) is 0 Å². The molecule has 9 heteroatoms. The third-order valence-corrected chi connectivity index (χ3v) is 6.31. The molecular weight excluding hydrogens is 473 g/mol. The maximum atomic E-state index is 12.8. The monoisotopic (exact) mass is 518 g/mol. The molecule has 2 heterocycles. The number of carboxylic acids is 1. The van der Waals surface area contributed by atoms with Gasteiger partial charge >= 0.3 is 12.1 Å². The van der Waals surface area contributed by atoms with Crippen LogP contribution in [0.25, 0.3) is 0 Å². The van der Waals surface area contributed by atoms with Crippen molar-refractivity contribution in [2.24, 2.45) is 0 Å². The van der Waals surface area contributed by atoms with Gasteiger partial charge in [0.25, 0.3) is 0 Å². The number of alkyl halides is 3. The van der Waals surface area contributed by atoms with Gasteiger partial charge in [-0.05, 0) is 65.8 Å². The molecule has 0 aliphatic carbocycles. The molecule has 1 aliphatic heterocycles. The lowest BCUT2D eigenvalue weighted by Gasteiger charge is -2.31. The molecule has 0 saturated carbocycles. The van der Waals surface area contributed by atoms with Gasteiger partial charge in [0.15, 0.2) is 5.69 Å². The number of hydrogen-bond acceptors (Lipinski definition) is 5. The summed E-state index contributed by atoms with van der Waals surface area (Å²) in [5.41, 5.74) is -1.26. The number of nitrogens with zero attached hydrogens (tertiary/aromatic N) is 2. The van der Waals surface area contributed by atoms with Gasteiger partial charge in [-0.25, -0.2) is 9.78 Å². The standard InChI is InChI=1S/C15H33N.C12H12F3NO4/c1-6-7-8-9-10-11-12-13-14-16(5)15(2,3)4;13-12(14,15)8-3-4-9(11(17)18)16-10(8)20-6-7-2-1-5-19-7/h6-14H2,1-5H3;3-4,7H,1-2,5-6H2,(H,17,18). The number of ether oxygens (including phenoxy) is 2. The minimum absolute atomic E-state index is 0.0842. The first-order chi connectivity index (χ1) is 16.9. The molecule has 208 valence electrons. The van der Waals surface area contributed by atoms with Crippen molar-refractivity contribution in [1.29, 1.82) is 0 Å². The van der Waals surface area contributed by atoms with E-state index in [0.717, 1.165) is 12.5 Å². The molecule has 1 aliphatic rings. The Bertz CT molecular complexity index is 760. The lowest BCUT2D eigenvalue weighted by molar-refractivity contribution is -0.139. The highest BCUT2D eigenvalue weighted by Gasteiger charge is 2.36. The quantitative estimate of drug-likeness (QED) is 0.278. The Hall–Kier alpha value is -1.87. The third kappa shape index (κ3) is 12.9. The van der Waals surface area contributed by atoms with Gasteiger partial charge in [-0.3, -0.25) is 0 Å². The van der Waals surface area contributed by atoms with Crippen LogP contribution in [0.1, 0.15) is 108 Å². The predicted octanol–water partition coefficient (Wildman–Crippen LogP) is 7.21. The van der Waals surface area contributed by atoms with Crippen molar-refractivity contribution in [3.63, 3.8) is 0 Å². The van der Waals surface area contributed by atoms with E-state index in [9.17, 15) is 18.0 Å². The Morgan fingerprint density at radius 1 is 1.11 bits per heavy atom. The van der Waals surface area contributed by atoms with Crippen molar-refractivity contribution in [3.8, 4) is 5.88 Å². The maximum Gasteiger partial charge on any atom is 0.421 e. The number of halogens is 3. The van der Waals surface area contributed by atoms with E-state index in [2.05, 4.69) is 44.6 Å². The average molecular weight is 519 g/mol. The molecule has 36 heavy (non-hydrogen) atoms. The fraction of sp³-hybridized carbons (Fsp3) is 0.778. The molecule has 0 radical (unpaired) electrons. The Labute approximate surface area is 214 Å². The van der Waals surface area contributed by atoms with Gasteiger partial charge in [-0.2, -0.15) is 13.2 Å². The molecule has 1 aromatic rings. The number of carbonyl (C=O) groups is 1. The fourth-order valence-electron chi connectivity index (χ4n) is 3.65. The highest BCUT2D eigenvalue weighted by atomic mass is 19.4. The SMILES string of the molecule is CCCCCCCCCCN(C)C(C)(C)C.O=C(O)c1ccc(C(F)(F)F)c(OCC2CCCO2)n1. The number of aromatic carboxylic acids is 1. The van der Waals surface area contributed by atoms with E-state index < -0.39 is 29.3 Å². The van der Waals surface area contributed by atoms with Crippen LogP contribution >= 0.6 is 0 Å². The summed E-state index contributed by atoms with van der Waals surface area (Å²) in [6, 6.07) is 1.45. The van der Waals surface area contributed by atoms with E-state index in [4.69, 9.17) is 14.6 Å². The molecular formula is C27H45F3N2O4. The second-order valence-corrected chi connectivity index (χ2v) is 10.4. The van der Waals surface area contributed by atoms with E-state index in [-0.39, 0.29) is 12.7 Å². The number of hydrogen-bond donors (Lipinski definition) is 1. The molecule has 0 bridgehead atoms. The third-order valence-electron chi connectivity index (χ3n) is 6.31. The van der Waals surface area contributed by atoms with Gasteiger partial charge in [0.05, 0.1) is 6.10 Å². The van der Waals surface area contributed by atoms with Gasteiger partial charge in [0.1, 0.15) is 12.2 Å². The van der Waals surface area contributed by atoms with Crippen molar-refractivity contribution in [1.82, 2.24) is 9.88 Å². The van der Waals surface area contributed by atoms with Crippen LogP contribution in [0.5, 0.6) is 5.88 Å². The van der Waals surface area contributed by atoms with Crippen molar-refractivity contribution in [2.45, 2.75) is 110 Å². The number of carboxylic acid groups (broad SMARTS) is 1. The summed E-state index contributed by atoms with van der Waals surface area (Å²) in [6.07, 6.45) is 7.89. The van der Waals surface area contributed by atoms with Crippen molar-refractivity contribution < 1.29 is 32.5 Å². The first-order valence-electron chi connectivity index (χ1n) is 13.1. The summed E-state index contributed by atoms with van der Waals surface area (Å²) in [4.78, 5) is 16.6. The van der Waals surface area contributed by atoms with Crippen LogP contribution in [-0.2, 0) is 10.9 Å². The summed E-state index contributed by atoms with van der Waals surface area (Å²) in [6.45, 7) is 10.9. The molecule has 1 unspecified atom stereocenters. The summed E-state index contributed by atoms with van der Waals surface area (Å²) in [7, 11) is 2.24. The molecule has 1 aromatic heterocycles. The van der Waals surface area contributed by atoms with E-state index in [1.807, 2.05) is 0 Å². The lowest BCUT2D eigenvalue weighted by Crippen LogP contribution is -2.38. The molecule has 2 rings (SSSR count). The number of unbranched alkanes of at least 4 members (excludes halogenated alkanes) is 7. The zero-order valence-electron chi connectivity index (χ0n) is 22.6. The topological polar surface area (TPSA) is 71.9 Å². The van der Waals surface area contributed by atoms with Gasteiger partial charge in [0, 0.05) is 12.1 Å². The van der Waals surface area contributed by atoms with Crippen molar-refractivity contribution >= 4 is 5.97 Å². The minimum Gasteiger partial charge on any atom is -0.477 e. The summed E-state index contributed by atoms with van der Waals surface area (Å²) in [5.74, 6) is -2.14. The molecule has 1 fully saturated rings. The van der Waals surface area contributed by atoms with E-state index in [1.165, 1.54) is 57.9 Å². The first-order valence-corrected chi connectivity index (χ1v) is 13.1. The van der Waals surface area contributed by atoms with Crippen LogP contribution in [0.2, 0.25) is 0 Å². The zero-order valence-corrected chi connectivity index (χ0v) is 22.6. The summed E-state index contributed by atoms with van der Waals surface area (Å²) in [5, 5.41) is 8.76. The Kier molecular flexibility index (Phi) is 14.4. The van der Waals surface area contributed by atoms with Crippen molar-refractivity contribution in [2.75, 3.05) is 26.8 Å². The summed E-state index contributed by atoms with van der Waals surface area (Å²) < 4.78 is 48.6. The highest BCUT2D eigenvalue weighted by molar-refractivity contribution is 5.85. The normalized spacial score (nSPS) is 16.1. The van der Waals surface area contributed by atoms with Crippen LogP contribution < -0.4 is 4.74 Å². The van der Waals surface area contributed by atoms with Crippen LogP contribution in [-0.4, -0.2) is 59.4 Å². The van der Waals surface area contributed by atoms with Crippen LogP contribution in [0, 0.1) is 0 Å². The molecule has 0 spiro atoms. The Morgan fingerprint density at radius 2 is 1.72 bits per heavy atom. The average Bonchev–Trinajstić information content (AvgIpc) is 3.32. The largest absolute Gasteiger partial charge is 0.477 e. The molecule has 0 aromatic carbocycles. The molecule has 1 atom stereocenters. The zero-order chi connectivity index (χ0) is 27.2. The van der Waals surface area contributed by atoms with Crippen molar-refractivity contribution in [3.05, 3.63) is 23.4 Å². The van der Waals surface area contributed by atoms with Crippen LogP contribution in [0.4, 0.5) is 13.2 Å². The first kappa shape index (κ1) is 32.2. The molecule has 1 N–H and O–H groups in total. The number of rotatable bonds is 13. The lowest BCUT2D eigenvalue weighted by atomic mass is 10.1. The van der Waals surface area contributed by atoms with E-state index in [1.54, 1.807) is 0 Å². The molecule has 0 amide bonds. The summed E-state index contributed by atoms with van der Waals surface area (Å²) >= 11 is 0. The van der Waals surface area contributed by atoms with Gasteiger partial charge in [-0.1, -0.05) is 51.9 Å². The molecule has 1 saturated heterocycles. The van der Waals surface area contributed by atoms with Crippen LogP contribution in [0.15, 0.2) is 12.1 Å². The van der Waals surface area contributed by atoms with Gasteiger partial charge < -0.3 is 19.5 Å². The fourth-order valence-corrected chi connectivity index (χ4v) is 3.65. The second kappa shape index (κ2) is 16.1. The van der Waals surface area contributed by atoms with Crippen LogP contribution in [0.3, 0.4) is 0 Å². The molecule has 6 nitrogen and oxygen atoms in total. The Morgan fingerprint density at radius 3 is 2.22 bits per heavy atom. The Balaban J connectivity index is 0.000000371.